The molecule has 29 heavy (non-hydrogen) atoms. The van der Waals surface area contributed by atoms with E-state index in [1.807, 2.05) is 78.9 Å². The molecule has 4 rings (SSSR count). The van der Waals surface area contributed by atoms with Crippen molar-refractivity contribution in [3.05, 3.63) is 84.4 Å². The van der Waals surface area contributed by atoms with E-state index in [-0.39, 0.29) is 5.95 Å². The highest BCUT2D eigenvalue weighted by Crippen LogP contribution is 2.23. The van der Waals surface area contributed by atoms with E-state index in [2.05, 4.69) is 15.4 Å². The fraction of sp³-hybridized carbons (Fsp3) is 0.0909. The predicted octanol–water partition coefficient (Wildman–Crippen LogP) is 4.18. The molecule has 7 nitrogen and oxygen atoms in total. The number of aromatic nitrogens is 3. The van der Waals surface area contributed by atoms with Crippen molar-refractivity contribution < 1.29 is 9.47 Å². The van der Waals surface area contributed by atoms with Gasteiger partial charge in [0.05, 0.1) is 12.8 Å². The van der Waals surface area contributed by atoms with Gasteiger partial charge in [0.15, 0.2) is 0 Å². The van der Waals surface area contributed by atoms with Crippen molar-refractivity contribution in [3.8, 4) is 17.2 Å². The van der Waals surface area contributed by atoms with Gasteiger partial charge < -0.3 is 20.5 Å². The normalized spacial score (nSPS) is 10.5. The van der Waals surface area contributed by atoms with E-state index in [1.54, 1.807) is 11.8 Å². The Kier molecular flexibility index (Phi) is 5.29. The number of hydrogen-bond acceptors (Lipinski definition) is 6. The Labute approximate surface area is 168 Å². The van der Waals surface area contributed by atoms with Crippen LogP contribution in [0, 0.1) is 0 Å². The summed E-state index contributed by atoms with van der Waals surface area (Å²) < 4.78 is 12.6. The quantitative estimate of drug-likeness (QED) is 0.495. The fourth-order valence-electron chi connectivity index (χ4n) is 2.82. The maximum atomic E-state index is 6.03. The zero-order valence-electron chi connectivity index (χ0n) is 15.9. The van der Waals surface area contributed by atoms with Crippen LogP contribution in [0.15, 0.2) is 78.9 Å². The average Bonchev–Trinajstić information content (AvgIpc) is 3.13. The van der Waals surface area contributed by atoms with Crippen molar-refractivity contribution >= 4 is 17.6 Å². The second-order valence-electron chi connectivity index (χ2n) is 6.33. The monoisotopic (exact) mass is 387 g/mol. The lowest BCUT2D eigenvalue weighted by atomic mass is 10.2. The molecule has 0 aliphatic heterocycles. The van der Waals surface area contributed by atoms with E-state index in [1.165, 1.54) is 0 Å². The largest absolute Gasteiger partial charge is 0.497 e. The number of nitrogens with one attached hydrogen (secondary N) is 1. The van der Waals surface area contributed by atoms with Crippen LogP contribution in [0.25, 0.3) is 5.69 Å². The highest BCUT2D eigenvalue weighted by atomic mass is 16.5. The van der Waals surface area contributed by atoms with Crippen molar-refractivity contribution in [1.82, 2.24) is 14.8 Å². The minimum Gasteiger partial charge on any atom is -0.497 e. The van der Waals surface area contributed by atoms with Gasteiger partial charge in [-0.15, -0.1) is 5.10 Å². The number of hydrogen-bond donors (Lipinski definition) is 2. The molecule has 3 N–H and O–H groups in total. The Balaban J connectivity index is 1.46. The number of methoxy groups -OCH3 is 1. The van der Waals surface area contributed by atoms with Crippen LogP contribution in [0.5, 0.6) is 11.5 Å². The summed E-state index contributed by atoms with van der Waals surface area (Å²) in [4.78, 5) is 4.29. The van der Waals surface area contributed by atoms with Gasteiger partial charge in [-0.2, -0.15) is 9.67 Å². The number of nitrogens with two attached hydrogens (primary N) is 1. The van der Waals surface area contributed by atoms with E-state index >= 15 is 0 Å². The summed E-state index contributed by atoms with van der Waals surface area (Å²) in [7, 11) is 1.62. The van der Waals surface area contributed by atoms with E-state index < -0.39 is 0 Å². The Hall–Kier alpha value is -4.00. The molecule has 0 atom stereocenters. The maximum absolute atomic E-state index is 6.03. The standard InChI is InChI=1S/C22H21N5O2/c1-28-19-12-10-18(11-13-19)27-21(23)25-22(26-27)24-17-8-5-9-20(14-17)29-15-16-6-3-2-4-7-16/h2-14H,15H2,1H3,(H3,23,24,25,26). The first kappa shape index (κ1) is 18.4. The molecule has 0 aliphatic rings. The Morgan fingerprint density at radius 3 is 2.48 bits per heavy atom. The van der Waals surface area contributed by atoms with Gasteiger partial charge >= 0.3 is 0 Å². The molecule has 146 valence electrons. The van der Waals surface area contributed by atoms with Crippen LogP contribution in [-0.2, 0) is 6.61 Å². The lowest BCUT2D eigenvalue weighted by Crippen LogP contribution is -2.02. The third-order valence-corrected chi connectivity index (χ3v) is 4.29. The molecule has 0 spiro atoms. The molecule has 0 aliphatic carbocycles. The molecule has 0 radical (unpaired) electrons. The Morgan fingerprint density at radius 2 is 1.72 bits per heavy atom. The summed E-state index contributed by atoms with van der Waals surface area (Å²) in [6.45, 7) is 0.502. The van der Waals surface area contributed by atoms with Gasteiger partial charge in [-0.3, -0.25) is 0 Å². The van der Waals surface area contributed by atoms with E-state index in [0.717, 1.165) is 28.4 Å². The van der Waals surface area contributed by atoms with Crippen LogP contribution >= 0.6 is 0 Å². The molecule has 0 bridgehead atoms. The number of anilines is 3. The van der Waals surface area contributed by atoms with Crippen molar-refractivity contribution in [3.63, 3.8) is 0 Å². The van der Waals surface area contributed by atoms with Gasteiger partial charge in [0.1, 0.15) is 18.1 Å². The second-order valence-corrected chi connectivity index (χ2v) is 6.33. The zero-order valence-corrected chi connectivity index (χ0v) is 15.9. The van der Waals surface area contributed by atoms with E-state index in [4.69, 9.17) is 15.2 Å². The number of nitrogen functional groups attached to an aromatic ring is 1. The van der Waals surface area contributed by atoms with Gasteiger partial charge in [-0.25, -0.2) is 0 Å². The van der Waals surface area contributed by atoms with E-state index in [0.29, 0.717) is 12.6 Å². The highest BCUT2D eigenvalue weighted by molar-refractivity contribution is 5.57. The van der Waals surface area contributed by atoms with Crippen LogP contribution in [-0.4, -0.2) is 21.9 Å². The lowest BCUT2D eigenvalue weighted by molar-refractivity contribution is 0.306. The molecule has 7 heteroatoms. The highest BCUT2D eigenvalue weighted by Gasteiger charge is 2.10. The minimum absolute atomic E-state index is 0.286. The molecule has 0 amide bonds. The van der Waals surface area contributed by atoms with Gasteiger partial charge in [0.2, 0.25) is 11.9 Å². The Morgan fingerprint density at radius 1 is 0.931 bits per heavy atom. The molecule has 0 unspecified atom stereocenters. The number of nitrogens with zero attached hydrogens (tertiary/aromatic N) is 3. The molecule has 0 saturated carbocycles. The number of rotatable bonds is 7. The van der Waals surface area contributed by atoms with Gasteiger partial charge in [-0.05, 0) is 42.0 Å². The summed E-state index contributed by atoms with van der Waals surface area (Å²) in [6.07, 6.45) is 0. The smallest absolute Gasteiger partial charge is 0.248 e. The maximum Gasteiger partial charge on any atom is 0.248 e. The Bertz CT molecular complexity index is 1080. The molecular weight excluding hydrogens is 366 g/mol. The van der Waals surface area contributed by atoms with Gasteiger partial charge in [0, 0.05) is 11.8 Å². The molecule has 1 aromatic heterocycles. The van der Waals surface area contributed by atoms with Crippen LogP contribution in [0.4, 0.5) is 17.6 Å². The number of ether oxygens (including phenoxy) is 2. The fourth-order valence-corrected chi connectivity index (χ4v) is 2.82. The summed E-state index contributed by atoms with van der Waals surface area (Å²) in [5, 5.41) is 7.61. The third kappa shape index (κ3) is 4.47. The lowest BCUT2D eigenvalue weighted by Gasteiger charge is -2.08. The summed E-state index contributed by atoms with van der Waals surface area (Å²) in [5.41, 5.74) is 8.75. The first-order valence-corrected chi connectivity index (χ1v) is 9.12. The van der Waals surface area contributed by atoms with Gasteiger partial charge in [0.25, 0.3) is 0 Å². The molecule has 3 aromatic carbocycles. The first-order chi connectivity index (χ1) is 14.2. The molecule has 4 aromatic rings. The molecular formula is C22H21N5O2. The molecule has 1 heterocycles. The van der Waals surface area contributed by atoms with Crippen LogP contribution in [0.3, 0.4) is 0 Å². The summed E-state index contributed by atoms with van der Waals surface area (Å²) >= 11 is 0. The third-order valence-electron chi connectivity index (χ3n) is 4.29. The topological polar surface area (TPSA) is 87.2 Å². The van der Waals surface area contributed by atoms with Crippen molar-refractivity contribution in [2.24, 2.45) is 0 Å². The van der Waals surface area contributed by atoms with Crippen molar-refractivity contribution in [2.75, 3.05) is 18.2 Å². The molecule has 0 fully saturated rings. The van der Waals surface area contributed by atoms with Gasteiger partial charge in [-0.1, -0.05) is 36.4 Å². The number of benzene rings is 3. The van der Waals surface area contributed by atoms with Crippen molar-refractivity contribution in [2.45, 2.75) is 6.61 Å². The first-order valence-electron chi connectivity index (χ1n) is 9.12. The van der Waals surface area contributed by atoms with Crippen LogP contribution < -0.4 is 20.5 Å². The average molecular weight is 387 g/mol. The summed E-state index contributed by atoms with van der Waals surface area (Å²) in [6, 6.07) is 25.1. The second kappa shape index (κ2) is 8.35. The zero-order chi connectivity index (χ0) is 20.1. The van der Waals surface area contributed by atoms with Crippen molar-refractivity contribution in [1.29, 1.82) is 0 Å². The van der Waals surface area contributed by atoms with Crippen LogP contribution in [0.2, 0.25) is 0 Å². The SMILES string of the molecule is COc1ccc(-n2nc(Nc3cccc(OCc4ccccc4)c3)nc2N)cc1. The van der Waals surface area contributed by atoms with E-state index in [9.17, 15) is 0 Å². The predicted molar refractivity (Wildman–Crippen MR) is 113 cm³/mol. The minimum atomic E-state index is 0.286. The van der Waals surface area contributed by atoms with Crippen LogP contribution in [0.1, 0.15) is 5.56 Å². The summed E-state index contributed by atoms with van der Waals surface area (Å²) in [5.74, 6) is 2.20. The molecule has 0 saturated heterocycles.